The van der Waals surface area contributed by atoms with Gasteiger partial charge in [-0.3, -0.25) is 14.4 Å². The summed E-state index contributed by atoms with van der Waals surface area (Å²) >= 11 is 0. The number of rotatable bonds is 6. The van der Waals surface area contributed by atoms with Crippen LogP contribution in [0.5, 0.6) is 0 Å². The summed E-state index contributed by atoms with van der Waals surface area (Å²) in [7, 11) is 0. The van der Waals surface area contributed by atoms with Gasteiger partial charge in [0.25, 0.3) is 0 Å². The Bertz CT molecular complexity index is 448. The molecule has 0 spiro atoms. The van der Waals surface area contributed by atoms with E-state index in [-0.39, 0.29) is 36.2 Å². The van der Waals surface area contributed by atoms with Crippen molar-refractivity contribution in [3.05, 3.63) is 11.6 Å². The summed E-state index contributed by atoms with van der Waals surface area (Å²) in [6.07, 6.45) is 2.05. The number of primary amides is 2. The summed E-state index contributed by atoms with van der Waals surface area (Å²) in [5.41, 5.74) is 11.2. The van der Waals surface area contributed by atoms with Crippen LogP contribution in [0.2, 0.25) is 0 Å². The molecule has 0 aliphatic heterocycles. The van der Waals surface area contributed by atoms with Crippen molar-refractivity contribution < 1.29 is 14.4 Å². The Morgan fingerprint density at radius 2 is 1.55 bits per heavy atom. The second kappa shape index (κ2) is 5.64. The minimum atomic E-state index is -0.656. The molecule has 2 atom stereocenters. The fourth-order valence-electron chi connectivity index (χ4n) is 2.60. The number of amides is 3. The van der Waals surface area contributed by atoms with Crippen LogP contribution < -0.4 is 11.5 Å². The molecule has 1 aliphatic carbocycles. The van der Waals surface area contributed by atoms with Crippen molar-refractivity contribution in [1.82, 2.24) is 4.90 Å². The molecule has 2 unspecified atom stereocenters. The number of allylic oxidation sites excluding steroid dienone is 2. The molecule has 1 saturated carbocycles. The van der Waals surface area contributed by atoms with Crippen molar-refractivity contribution in [3.8, 4) is 0 Å². The van der Waals surface area contributed by atoms with Crippen molar-refractivity contribution in [3.63, 3.8) is 0 Å². The van der Waals surface area contributed by atoms with Crippen LogP contribution in [-0.2, 0) is 14.4 Å². The summed E-state index contributed by atoms with van der Waals surface area (Å²) < 4.78 is 0. The van der Waals surface area contributed by atoms with E-state index < -0.39 is 11.8 Å². The average molecular weight is 281 g/mol. The fourth-order valence-corrected chi connectivity index (χ4v) is 2.60. The van der Waals surface area contributed by atoms with E-state index in [1.807, 2.05) is 27.7 Å². The maximum Gasteiger partial charge on any atom is 0.237 e. The lowest BCUT2D eigenvalue weighted by Gasteiger charge is -2.20. The first-order valence-electron chi connectivity index (χ1n) is 6.57. The van der Waals surface area contributed by atoms with Crippen molar-refractivity contribution in [1.29, 1.82) is 0 Å². The predicted molar refractivity (Wildman–Crippen MR) is 75.2 cm³/mol. The molecular weight excluding hydrogens is 258 g/mol. The molecule has 1 fully saturated rings. The molecule has 1 rings (SSSR count). The highest BCUT2D eigenvalue weighted by Gasteiger charge is 2.61. The molecule has 0 aromatic rings. The maximum absolute atomic E-state index is 12.5. The fraction of sp³-hybridized carbons (Fsp3) is 0.643. The quantitative estimate of drug-likeness (QED) is 0.670. The molecule has 6 nitrogen and oxygen atoms in total. The molecule has 3 amide bonds. The van der Waals surface area contributed by atoms with Gasteiger partial charge in [-0.2, -0.15) is 0 Å². The highest BCUT2D eigenvalue weighted by molar-refractivity contribution is 5.91. The summed E-state index contributed by atoms with van der Waals surface area (Å²) in [4.78, 5) is 35.7. The minimum absolute atomic E-state index is 0.114. The van der Waals surface area contributed by atoms with Crippen molar-refractivity contribution in [2.75, 3.05) is 13.1 Å². The van der Waals surface area contributed by atoms with E-state index in [2.05, 4.69) is 6.08 Å². The summed E-state index contributed by atoms with van der Waals surface area (Å²) in [6, 6.07) is 0. The zero-order chi connectivity index (χ0) is 15.7. The van der Waals surface area contributed by atoms with Gasteiger partial charge in [0.2, 0.25) is 17.7 Å². The first-order valence-corrected chi connectivity index (χ1v) is 6.57. The van der Waals surface area contributed by atoms with Crippen LogP contribution in [0.3, 0.4) is 0 Å². The van der Waals surface area contributed by atoms with E-state index in [9.17, 15) is 14.4 Å². The van der Waals surface area contributed by atoms with Gasteiger partial charge in [-0.15, -0.1) is 0 Å². The van der Waals surface area contributed by atoms with Gasteiger partial charge in [-0.05, 0) is 25.2 Å². The van der Waals surface area contributed by atoms with Gasteiger partial charge in [0.1, 0.15) is 0 Å². The van der Waals surface area contributed by atoms with Gasteiger partial charge in [0.05, 0.1) is 19.0 Å². The first kappa shape index (κ1) is 16.2. The van der Waals surface area contributed by atoms with Gasteiger partial charge in [-0.1, -0.05) is 25.5 Å². The van der Waals surface area contributed by atoms with Gasteiger partial charge < -0.3 is 16.4 Å². The molecule has 0 radical (unpaired) electrons. The third-order valence-corrected chi connectivity index (χ3v) is 3.69. The summed E-state index contributed by atoms with van der Waals surface area (Å²) in [5.74, 6) is -1.68. The molecule has 20 heavy (non-hydrogen) atoms. The number of hydrogen-bond donors (Lipinski definition) is 2. The Labute approximate surface area is 119 Å². The third-order valence-electron chi connectivity index (χ3n) is 3.69. The molecule has 0 aromatic carbocycles. The maximum atomic E-state index is 12.5. The summed E-state index contributed by atoms with van der Waals surface area (Å²) in [5, 5.41) is 0. The lowest BCUT2D eigenvalue weighted by molar-refractivity contribution is -0.139. The second-order valence-corrected chi connectivity index (χ2v) is 6.20. The second-order valence-electron chi connectivity index (χ2n) is 6.20. The van der Waals surface area contributed by atoms with Gasteiger partial charge >= 0.3 is 0 Å². The number of carbonyl (C=O) groups is 3. The normalized spacial score (nSPS) is 22.8. The van der Waals surface area contributed by atoms with Crippen LogP contribution in [0.1, 0.15) is 27.7 Å². The number of nitrogens with two attached hydrogens (primary N) is 2. The van der Waals surface area contributed by atoms with Crippen LogP contribution in [0.25, 0.3) is 0 Å². The van der Waals surface area contributed by atoms with E-state index in [0.29, 0.717) is 0 Å². The highest BCUT2D eigenvalue weighted by atomic mass is 16.2. The highest BCUT2D eigenvalue weighted by Crippen LogP contribution is 2.60. The van der Waals surface area contributed by atoms with Gasteiger partial charge in [-0.25, -0.2) is 0 Å². The Kier molecular flexibility index (Phi) is 4.57. The summed E-state index contributed by atoms with van der Waals surface area (Å²) in [6.45, 7) is 7.37. The topological polar surface area (TPSA) is 106 Å². The number of carbonyl (C=O) groups excluding carboxylic acids is 3. The van der Waals surface area contributed by atoms with Gasteiger partial charge in [0, 0.05) is 0 Å². The first-order chi connectivity index (χ1) is 9.07. The molecule has 0 bridgehead atoms. The van der Waals surface area contributed by atoms with Crippen LogP contribution in [0.4, 0.5) is 0 Å². The average Bonchev–Trinajstić information content (AvgIpc) is 2.76. The van der Waals surface area contributed by atoms with Gasteiger partial charge in [0.15, 0.2) is 0 Å². The lowest BCUT2D eigenvalue weighted by Crippen LogP contribution is -2.44. The zero-order valence-electron chi connectivity index (χ0n) is 12.5. The van der Waals surface area contributed by atoms with Crippen LogP contribution in [0.15, 0.2) is 11.6 Å². The predicted octanol–water partition coefficient (Wildman–Crippen LogP) is 0.0240. The molecular formula is C14H23N3O3. The van der Waals surface area contributed by atoms with E-state index >= 15 is 0 Å². The standard InChI is InChI=1S/C14H23N3O3/c1-8(2)5-9-12(14(9,3)4)13(20)17(6-10(15)18)7-11(16)19/h5,9,12H,6-7H2,1-4H3,(H2,15,18)(H2,16,19). The minimum Gasteiger partial charge on any atom is -0.368 e. The van der Waals surface area contributed by atoms with Crippen LogP contribution in [0, 0.1) is 17.3 Å². The Hall–Kier alpha value is -1.85. The Balaban J connectivity index is 2.88. The third kappa shape index (κ3) is 3.59. The Morgan fingerprint density at radius 3 is 1.90 bits per heavy atom. The smallest absolute Gasteiger partial charge is 0.237 e. The van der Waals surface area contributed by atoms with Crippen LogP contribution in [-0.4, -0.2) is 35.7 Å². The molecule has 0 aromatic heterocycles. The van der Waals surface area contributed by atoms with Crippen molar-refractivity contribution >= 4 is 17.7 Å². The van der Waals surface area contributed by atoms with E-state index in [4.69, 9.17) is 11.5 Å². The van der Waals surface area contributed by atoms with Crippen LogP contribution >= 0.6 is 0 Å². The molecule has 6 heteroatoms. The van der Waals surface area contributed by atoms with E-state index in [0.717, 1.165) is 10.5 Å². The molecule has 0 saturated heterocycles. The van der Waals surface area contributed by atoms with Crippen molar-refractivity contribution in [2.45, 2.75) is 27.7 Å². The molecule has 1 aliphatic rings. The van der Waals surface area contributed by atoms with E-state index in [1.54, 1.807) is 0 Å². The molecule has 112 valence electrons. The zero-order valence-corrected chi connectivity index (χ0v) is 12.5. The van der Waals surface area contributed by atoms with E-state index in [1.165, 1.54) is 0 Å². The molecule has 4 N–H and O–H groups in total. The SMILES string of the molecule is CC(C)=CC1C(C(=O)N(CC(N)=O)CC(N)=O)C1(C)C. The number of nitrogens with zero attached hydrogens (tertiary/aromatic N) is 1. The largest absolute Gasteiger partial charge is 0.368 e. The lowest BCUT2D eigenvalue weighted by atomic mass is 10.1. The molecule has 0 heterocycles. The Morgan fingerprint density at radius 1 is 1.10 bits per heavy atom. The monoisotopic (exact) mass is 281 g/mol. The number of hydrogen-bond acceptors (Lipinski definition) is 3. The van der Waals surface area contributed by atoms with Crippen molar-refractivity contribution in [2.24, 2.45) is 28.7 Å².